The molecule has 4 nitrogen and oxygen atoms in total. The van der Waals surface area contributed by atoms with Crippen LogP contribution in [0.1, 0.15) is 31.7 Å². The van der Waals surface area contributed by atoms with Crippen molar-refractivity contribution < 1.29 is 4.74 Å². The van der Waals surface area contributed by atoms with Gasteiger partial charge in [-0.05, 0) is 68.2 Å². The van der Waals surface area contributed by atoms with Crippen molar-refractivity contribution in [3.63, 3.8) is 0 Å². The smallest absolute Gasteiger partial charge is 0.189 e. The molecule has 5 heteroatoms. The summed E-state index contributed by atoms with van der Waals surface area (Å²) >= 11 is 5.36. The first-order valence-electron chi connectivity index (χ1n) is 7.02. The van der Waals surface area contributed by atoms with Gasteiger partial charge < -0.3 is 10.1 Å². The maximum absolute atomic E-state index is 5.36. The van der Waals surface area contributed by atoms with Gasteiger partial charge in [0.1, 0.15) is 5.75 Å². The van der Waals surface area contributed by atoms with Crippen molar-refractivity contribution in [1.82, 2.24) is 10.3 Å². The van der Waals surface area contributed by atoms with Crippen molar-refractivity contribution in [2.24, 2.45) is 5.10 Å². The molecule has 0 bridgehead atoms. The third kappa shape index (κ3) is 3.70. The summed E-state index contributed by atoms with van der Waals surface area (Å²) in [4.78, 5) is 0. The van der Waals surface area contributed by atoms with Gasteiger partial charge in [0.15, 0.2) is 5.11 Å². The molecule has 1 heterocycles. The number of hydrogen-bond acceptors (Lipinski definition) is 3. The third-order valence-electron chi connectivity index (χ3n) is 3.26. The molecule has 2 rings (SSSR count). The molecule has 0 spiro atoms. The van der Waals surface area contributed by atoms with Crippen molar-refractivity contribution in [1.29, 1.82) is 0 Å². The molecule has 0 unspecified atom stereocenters. The minimum absolute atomic E-state index is 0.709. The topological polar surface area (TPSA) is 36.9 Å². The SMILES string of the molecule is CCNC(=S)N1CCCCC(c2ccc(OC)cc2)=N1. The minimum Gasteiger partial charge on any atom is -0.497 e. The van der Waals surface area contributed by atoms with Crippen molar-refractivity contribution in [3.8, 4) is 5.75 Å². The Bertz CT molecular complexity index is 484. The number of nitrogens with zero attached hydrogens (tertiary/aromatic N) is 2. The lowest BCUT2D eigenvalue weighted by Crippen LogP contribution is -2.36. The molecule has 0 radical (unpaired) electrons. The monoisotopic (exact) mass is 291 g/mol. The van der Waals surface area contributed by atoms with Crippen molar-refractivity contribution in [2.75, 3.05) is 20.2 Å². The highest BCUT2D eigenvalue weighted by Crippen LogP contribution is 2.17. The van der Waals surface area contributed by atoms with E-state index in [1.165, 1.54) is 0 Å². The summed E-state index contributed by atoms with van der Waals surface area (Å²) in [5.41, 5.74) is 2.22. The van der Waals surface area contributed by atoms with E-state index in [4.69, 9.17) is 22.1 Å². The molecule has 0 aromatic heterocycles. The highest BCUT2D eigenvalue weighted by atomic mass is 32.1. The third-order valence-corrected chi connectivity index (χ3v) is 3.62. The Labute approximate surface area is 125 Å². The predicted molar refractivity (Wildman–Crippen MR) is 86.4 cm³/mol. The average molecular weight is 291 g/mol. The lowest BCUT2D eigenvalue weighted by atomic mass is 10.1. The maximum Gasteiger partial charge on any atom is 0.189 e. The van der Waals surface area contributed by atoms with E-state index in [1.54, 1.807) is 7.11 Å². The van der Waals surface area contributed by atoms with Gasteiger partial charge >= 0.3 is 0 Å². The van der Waals surface area contributed by atoms with E-state index in [0.717, 1.165) is 49.4 Å². The van der Waals surface area contributed by atoms with Gasteiger partial charge in [-0.2, -0.15) is 5.10 Å². The Balaban J connectivity index is 2.20. The number of hydrazone groups is 1. The number of benzene rings is 1. The Morgan fingerprint density at radius 1 is 1.35 bits per heavy atom. The fourth-order valence-electron chi connectivity index (χ4n) is 2.17. The lowest BCUT2D eigenvalue weighted by molar-refractivity contribution is 0.415. The van der Waals surface area contributed by atoms with Gasteiger partial charge in [-0.25, -0.2) is 5.01 Å². The van der Waals surface area contributed by atoms with E-state index in [1.807, 2.05) is 24.1 Å². The molecular weight excluding hydrogens is 270 g/mol. The van der Waals surface area contributed by atoms with E-state index in [0.29, 0.717) is 5.11 Å². The second kappa shape index (κ2) is 7.24. The van der Waals surface area contributed by atoms with E-state index in [9.17, 15) is 0 Å². The fraction of sp³-hybridized carbons (Fsp3) is 0.467. The largest absolute Gasteiger partial charge is 0.497 e. The first-order chi connectivity index (χ1) is 9.74. The second-order valence-electron chi connectivity index (χ2n) is 4.69. The Hall–Kier alpha value is -1.62. The van der Waals surface area contributed by atoms with Crippen molar-refractivity contribution >= 4 is 23.0 Å². The van der Waals surface area contributed by atoms with Crippen LogP contribution in [0.3, 0.4) is 0 Å². The zero-order valence-electron chi connectivity index (χ0n) is 12.1. The van der Waals surface area contributed by atoms with E-state index < -0.39 is 0 Å². The van der Waals surface area contributed by atoms with Crippen LogP contribution in [-0.4, -0.2) is 36.0 Å². The van der Waals surface area contributed by atoms with Crippen LogP contribution in [0.4, 0.5) is 0 Å². The zero-order chi connectivity index (χ0) is 14.4. The molecule has 20 heavy (non-hydrogen) atoms. The molecule has 1 aromatic rings. The Morgan fingerprint density at radius 3 is 2.75 bits per heavy atom. The van der Waals surface area contributed by atoms with E-state index >= 15 is 0 Å². The maximum atomic E-state index is 5.36. The van der Waals surface area contributed by atoms with Gasteiger partial charge in [0.2, 0.25) is 0 Å². The van der Waals surface area contributed by atoms with Crippen LogP contribution in [0.2, 0.25) is 0 Å². The summed E-state index contributed by atoms with van der Waals surface area (Å²) in [6.07, 6.45) is 3.22. The fourth-order valence-corrected chi connectivity index (χ4v) is 2.45. The standard InChI is InChI=1S/C15H21N3OS/c1-3-16-15(20)18-11-5-4-6-14(17-18)12-7-9-13(19-2)10-8-12/h7-10H,3-6,11H2,1-2H3,(H,16,20). The van der Waals surface area contributed by atoms with E-state index in [-0.39, 0.29) is 0 Å². The molecule has 0 amide bonds. The summed E-state index contributed by atoms with van der Waals surface area (Å²) in [5, 5.41) is 10.5. The Kier molecular flexibility index (Phi) is 5.35. The van der Waals surface area contributed by atoms with Gasteiger partial charge in [-0.3, -0.25) is 0 Å². The minimum atomic E-state index is 0.709. The summed E-state index contributed by atoms with van der Waals surface area (Å²) in [6, 6.07) is 8.04. The highest BCUT2D eigenvalue weighted by molar-refractivity contribution is 7.80. The molecule has 0 aliphatic carbocycles. The molecule has 0 saturated heterocycles. The van der Waals surface area contributed by atoms with E-state index in [2.05, 4.69) is 17.4 Å². The number of thiocarbonyl (C=S) groups is 1. The van der Waals surface area contributed by atoms with Gasteiger partial charge in [0.25, 0.3) is 0 Å². The molecular formula is C15H21N3OS. The van der Waals surface area contributed by atoms with Gasteiger partial charge in [0, 0.05) is 13.1 Å². The van der Waals surface area contributed by atoms with Gasteiger partial charge in [-0.1, -0.05) is 0 Å². The first kappa shape index (κ1) is 14.8. The normalized spacial score (nSPS) is 15.3. The summed E-state index contributed by atoms with van der Waals surface area (Å²) in [7, 11) is 1.68. The number of ether oxygens (including phenoxy) is 1. The molecule has 0 fully saturated rings. The summed E-state index contributed by atoms with van der Waals surface area (Å²) < 4.78 is 5.19. The zero-order valence-corrected chi connectivity index (χ0v) is 12.9. The molecule has 1 aliphatic heterocycles. The van der Waals surface area contributed by atoms with Gasteiger partial charge in [-0.15, -0.1) is 0 Å². The molecule has 0 saturated carbocycles. The summed E-state index contributed by atoms with van der Waals surface area (Å²) in [5.74, 6) is 0.864. The van der Waals surface area contributed by atoms with Crippen LogP contribution in [0, 0.1) is 0 Å². The van der Waals surface area contributed by atoms with Crippen LogP contribution in [0.25, 0.3) is 0 Å². The summed E-state index contributed by atoms with van der Waals surface area (Å²) in [6.45, 7) is 3.74. The van der Waals surface area contributed by atoms with Crippen molar-refractivity contribution in [3.05, 3.63) is 29.8 Å². The molecule has 1 aliphatic rings. The first-order valence-corrected chi connectivity index (χ1v) is 7.42. The van der Waals surface area contributed by atoms with Crippen LogP contribution in [0.5, 0.6) is 5.75 Å². The number of rotatable bonds is 3. The number of nitrogens with one attached hydrogen (secondary N) is 1. The molecule has 1 N–H and O–H groups in total. The molecule has 0 atom stereocenters. The lowest BCUT2D eigenvalue weighted by Gasteiger charge is -2.19. The highest BCUT2D eigenvalue weighted by Gasteiger charge is 2.15. The number of hydrogen-bond donors (Lipinski definition) is 1. The Morgan fingerprint density at radius 2 is 2.10 bits per heavy atom. The second-order valence-corrected chi connectivity index (χ2v) is 5.08. The van der Waals surface area contributed by atoms with Crippen molar-refractivity contribution in [2.45, 2.75) is 26.2 Å². The van der Waals surface area contributed by atoms with Gasteiger partial charge in [0.05, 0.1) is 12.8 Å². The van der Waals surface area contributed by atoms with Crippen LogP contribution in [0.15, 0.2) is 29.4 Å². The predicted octanol–water partition coefficient (Wildman–Crippen LogP) is 2.78. The number of methoxy groups -OCH3 is 1. The quantitative estimate of drug-likeness (QED) is 0.869. The molecule has 108 valence electrons. The van der Waals surface area contributed by atoms with Crippen LogP contribution < -0.4 is 10.1 Å². The average Bonchev–Trinajstić information content (AvgIpc) is 2.74. The van der Waals surface area contributed by atoms with Crippen LogP contribution in [-0.2, 0) is 0 Å². The molecule has 1 aromatic carbocycles. The van der Waals surface area contributed by atoms with Crippen LogP contribution >= 0.6 is 12.2 Å².